The lowest BCUT2D eigenvalue weighted by molar-refractivity contribution is 0.103. The van der Waals surface area contributed by atoms with Gasteiger partial charge >= 0.3 is 0 Å². The van der Waals surface area contributed by atoms with Crippen LogP contribution < -0.4 is 0 Å². The van der Waals surface area contributed by atoms with E-state index in [9.17, 15) is 4.79 Å². The molecule has 0 atom stereocenters. The van der Waals surface area contributed by atoms with Crippen molar-refractivity contribution in [2.45, 2.75) is 40.0 Å². The molecule has 0 bridgehead atoms. The highest BCUT2D eigenvalue weighted by atomic mass is 16.1. The average Bonchev–Trinajstić information content (AvgIpc) is 2.97. The zero-order chi connectivity index (χ0) is 13.6. The molecular weight excluding hydrogens is 234 g/mol. The molecular formula is C17H19NO. The molecule has 1 N–H and O–H groups in total. The third-order valence-corrected chi connectivity index (χ3v) is 4.40. The Balaban J connectivity index is 2.02. The maximum atomic E-state index is 12.6. The molecule has 1 aliphatic carbocycles. The second-order valence-corrected chi connectivity index (χ2v) is 5.54. The molecule has 2 nitrogen and oxygen atoms in total. The van der Waals surface area contributed by atoms with E-state index in [4.69, 9.17) is 0 Å². The van der Waals surface area contributed by atoms with Crippen LogP contribution in [0.25, 0.3) is 0 Å². The van der Waals surface area contributed by atoms with Crippen molar-refractivity contribution in [1.29, 1.82) is 0 Å². The first kappa shape index (κ1) is 12.2. The number of aromatic amines is 1. The van der Waals surface area contributed by atoms with Crippen LogP contribution in [-0.2, 0) is 12.8 Å². The molecule has 1 aromatic heterocycles. The maximum Gasteiger partial charge on any atom is 0.209 e. The third kappa shape index (κ3) is 1.92. The molecule has 1 heterocycles. The van der Waals surface area contributed by atoms with E-state index in [0.29, 0.717) is 0 Å². The first-order valence-electron chi connectivity index (χ1n) is 6.90. The fourth-order valence-electron chi connectivity index (χ4n) is 2.93. The number of rotatable bonds is 2. The minimum atomic E-state index is 0.114. The molecule has 3 rings (SSSR count). The van der Waals surface area contributed by atoms with Gasteiger partial charge in [-0.15, -0.1) is 0 Å². The Morgan fingerprint density at radius 2 is 1.79 bits per heavy atom. The third-order valence-electron chi connectivity index (χ3n) is 4.40. The molecule has 98 valence electrons. The molecule has 0 saturated heterocycles. The number of hydrogen-bond donors (Lipinski definition) is 1. The van der Waals surface area contributed by atoms with E-state index in [-0.39, 0.29) is 5.78 Å². The van der Waals surface area contributed by atoms with Crippen LogP contribution in [0.15, 0.2) is 18.2 Å². The Morgan fingerprint density at radius 1 is 1.05 bits per heavy atom. The molecule has 1 aromatic carbocycles. The molecule has 0 radical (unpaired) electrons. The highest BCUT2D eigenvalue weighted by Crippen LogP contribution is 2.25. The van der Waals surface area contributed by atoms with Gasteiger partial charge in [0.1, 0.15) is 0 Å². The summed E-state index contributed by atoms with van der Waals surface area (Å²) in [5.41, 5.74) is 7.66. The summed E-state index contributed by atoms with van der Waals surface area (Å²) in [4.78, 5) is 15.8. The van der Waals surface area contributed by atoms with Crippen molar-refractivity contribution in [3.05, 3.63) is 57.4 Å². The minimum Gasteiger partial charge on any atom is -0.356 e. The van der Waals surface area contributed by atoms with E-state index in [1.807, 2.05) is 19.9 Å². The normalized spacial score (nSPS) is 13.6. The van der Waals surface area contributed by atoms with E-state index in [1.165, 1.54) is 23.1 Å². The maximum absolute atomic E-state index is 12.6. The van der Waals surface area contributed by atoms with Gasteiger partial charge in [-0.05, 0) is 68.4 Å². The van der Waals surface area contributed by atoms with Gasteiger partial charge < -0.3 is 4.98 Å². The molecule has 1 aliphatic rings. The van der Waals surface area contributed by atoms with Crippen molar-refractivity contribution < 1.29 is 4.79 Å². The summed E-state index contributed by atoms with van der Waals surface area (Å²) in [7, 11) is 0. The summed E-state index contributed by atoms with van der Waals surface area (Å²) in [6, 6.07) is 6.17. The van der Waals surface area contributed by atoms with Gasteiger partial charge in [-0.2, -0.15) is 0 Å². The standard InChI is InChI=1S/C17H19NO/c1-10-11(2)16(18-12(10)3)17(19)15-8-7-13-5-4-6-14(13)9-15/h7-9,18H,4-6H2,1-3H3. The summed E-state index contributed by atoms with van der Waals surface area (Å²) in [6.45, 7) is 6.09. The van der Waals surface area contributed by atoms with Gasteiger partial charge in [-0.1, -0.05) is 12.1 Å². The van der Waals surface area contributed by atoms with Gasteiger partial charge in [0.05, 0.1) is 5.69 Å². The Bertz CT molecular complexity index is 664. The molecule has 2 aromatic rings. The summed E-state index contributed by atoms with van der Waals surface area (Å²) >= 11 is 0. The minimum absolute atomic E-state index is 0.114. The first-order chi connectivity index (χ1) is 9.08. The predicted molar refractivity (Wildman–Crippen MR) is 76.9 cm³/mol. The molecule has 0 spiro atoms. The van der Waals surface area contributed by atoms with Gasteiger partial charge in [0, 0.05) is 11.3 Å². The molecule has 0 saturated carbocycles. The number of carbonyl (C=O) groups is 1. The van der Waals surface area contributed by atoms with Gasteiger partial charge in [0.15, 0.2) is 0 Å². The zero-order valence-corrected chi connectivity index (χ0v) is 11.8. The Kier molecular flexibility index (Phi) is 2.81. The monoisotopic (exact) mass is 253 g/mol. The summed E-state index contributed by atoms with van der Waals surface area (Å²) < 4.78 is 0. The topological polar surface area (TPSA) is 32.9 Å². The van der Waals surface area contributed by atoms with Crippen molar-refractivity contribution >= 4 is 5.78 Å². The number of benzene rings is 1. The van der Waals surface area contributed by atoms with Crippen molar-refractivity contribution in [3.8, 4) is 0 Å². The number of aromatic nitrogens is 1. The zero-order valence-electron chi connectivity index (χ0n) is 11.8. The second-order valence-electron chi connectivity index (χ2n) is 5.54. The van der Waals surface area contributed by atoms with Gasteiger partial charge in [-0.25, -0.2) is 0 Å². The molecule has 0 unspecified atom stereocenters. The van der Waals surface area contributed by atoms with Crippen molar-refractivity contribution in [1.82, 2.24) is 4.98 Å². The number of carbonyl (C=O) groups excluding carboxylic acids is 1. The molecule has 19 heavy (non-hydrogen) atoms. The molecule has 2 heteroatoms. The van der Waals surface area contributed by atoms with E-state index in [2.05, 4.69) is 24.0 Å². The Labute approximate surface area is 113 Å². The largest absolute Gasteiger partial charge is 0.356 e. The number of ketones is 1. The van der Waals surface area contributed by atoms with Crippen LogP contribution in [-0.4, -0.2) is 10.8 Å². The highest BCUT2D eigenvalue weighted by Gasteiger charge is 2.19. The van der Waals surface area contributed by atoms with Crippen LogP contribution in [0.5, 0.6) is 0 Å². The summed E-state index contributed by atoms with van der Waals surface area (Å²) in [6.07, 6.45) is 3.48. The molecule has 0 fully saturated rings. The van der Waals surface area contributed by atoms with Gasteiger partial charge in [0.25, 0.3) is 0 Å². The van der Waals surface area contributed by atoms with E-state index >= 15 is 0 Å². The van der Waals surface area contributed by atoms with Gasteiger partial charge in [0.2, 0.25) is 5.78 Å². The number of aryl methyl sites for hydroxylation is 3. The first-order valence-corrected chi connectivity index (χ1v) is 6.90. The number of nitrogens with one attached hydrogen (secondary N) is 1. The quantitative estimate of drug-likeness (QED) is 0.814. The number of hydrogen-bond acceptors (Lipinski definition) is 1. The van der Waals surface area contributed by atoms with Crippen LogP contribution in [0.1, 0.15) is 50.4 Å². The van der Waals surface area contributed by atoms with Crippen LogP contribution in [0.4, 0.5) is 0 Å². The van der Waals surface area contributed by atoms with Crippen molar-refractivity contribution in [3.63, 3.8) is 0 Å². The molecule has 0 aliphatic heterocycles. The lowest BCUT2D eigenvalue weighted by Crippen LogP contribution is -2.04. The average molecular weight is 253 g/mol. The number of H-pyrrole nitrogens is 1. The highest BCUT2D eigenvalue weighted by molar-refractivity contribution is 6.09. The lowest BCUT2D eigenvalue weighted by Gasteiger charge is -2.04. The Morgan fingerprint density at radius 3 is 2.47 bits per heavy atom. The van der Waals surface area contributed by atoms with E-state index in [0.717, 1.165) is 35.4 Å². The van der Waals surface area contributed by atoms with Crippen LogP contribution >= 0.6 is 0 Å². The predicted octanol–water partition coefficient (Wildman–Crippen LogP) is 3.66. The Hall–Kier alpha value is -1.83. The summed E-state index contributed by atoms with van der Waals surface area (Å²) in [5, 5.41) is 0. The molecule has 0 amide bonds. The van der Waals surface area contributed by atoms with Crippen molar-refractivity contribution in [2.24, 2.45) is 0 Å². The SMILES string of the molecule is Cc1[nH]c(C(=O)c2ccc3c(c2)CCC3)c(C)c1C. The second kappa shape index (κ2) is 4.37. The fraction of sp³-hybridized carbons (Fsp3) is 0.353. The smallest absolute Gasteiger partial charge is 0.209 e. The number of fused-ring (bicyclic) bond motifs is 1. The van der Waals surface area contributed by atoms with Crippen LogP contribution in [0, 0.1) is 20.8 Å². The van der Waals surface area contributed by atoms with Gasteiger partial charge in [-0.3, -0.25) is 4.79 Å². The van der Waals surface area contributed by atoms with E-state index in [1.54, 1.807) is 0 Å². The lowest BCUT2D eigenvalue weighted by atomic mass is 10.00. The fourth-order valence-corrected chi connectivity index (χ4v) is 2.93. The van der Waals surface area contributed by atoms with Crippen molar-refractivity contribution in [2.75, 3.05) is 0 Å². The van der Waals surface area contributed by atoms with Crippen LogP contribution in [0.3, 0.4) is 0 Å². The summed E-state index contributed by atoms with van der Waals surface area (Å²) in [5.74, 6) is 0.114. The van der Waals surface area contributed by atoms with E-state index < -0.39 is 0 Å². The van der Waals surface area contributed by atoms with Crippen LogP contribution in [0.2, 0.25) is 0 Å².